The summed E-state index contributed by atoms with van der Waals surface area (Å²) in [5, 5.41) is 0. The summed E-state index contributed by atoms with van der Waals surface area (Å²) in [5.41, 5.74) is 0. The Balaban J connectivity index is 1.83. The maximum atomic E-state index is 5.38. The van der Waals surface area contributed by atoms with Crippen molar-refractivity contribution in [2.45, 2.75) is 38.5 Å². The summed E-state index contributed by atoms with van der Waals surface area (Å²) < 4.78 is 0. The van der Waals surface area contributed by atoms with Crippen LogP contribution in [-0.4, -0.2) is 0 Å². The molecule has 0 aliphatic heterocycles. The summed E-state index contributed by atoms with van der Waals surface area (Å²) in [4.78, 5) is 0. The summed E-state index contributed by atoms with van der Waals surface area (Å²) in [6.45, 7) is 0. The van der Waals surface area contributed by atoms with E-state index in [4.69, 9.17) is 6.42 Å². The predicted molar refractivity (Wildman–Crippen MR) is 47.0 cm³/mol. The lowest BCUT2D eigenvalue weighted by molar-refractivity contribution is 0.316. The van der Waals surface area contributed by atoms with Gasteiger partial charge < -0.3 is 0 Å². The van der Waals surface area contributed by atoms with Gasteiger partial charge in [0.05, 0.1) is 0 Å². The van der Waals surface area contributed by atoms with Gasteiger partial charge in [0, 0.05) is 5.92 Å². The molecule has 0 amide bonds. The van der Waals surface area contributed by atoms with Gasteiger partial charge in [0.2, 0.25) is 0 Å². The molecule has 2 saturated carbocycles. The lowest BCUT2D eigenvalue weighted by Gasteiger charge is -2.20. The summed E-state index contributed by atoms with van der Waals surface area (Å²) in [6.07, 6.45) is 14.0. The molecule has 0 spiro atoms. The normalized spacial score (nSPS) is 38.1. The largest absolute Gasteiger partial charge is 0.120 e. The number of hydrogen-bond donors (Lipinski definition) is 0. The molecule has 0 unspecified atom stereocenters. The molecule has 0 aromatic rings. The van der Waals surface area contributed by atoms with Gasteiger partial charge in [-0.05, 0) is 18.3 Å². The average molecular weight is 148 g/mol. The lowest BCUT2D eigenvalue weighted by Crippen LogP contribution is -2.08. The molecule has 60 valence electrons. The molecule has 0 aromatic heterocycles. The van der Waals surface area contributed by atoms with Crippen LogP contribution >= 0.6 is 0 Å². The zero-order chi connectivity index (χ0) is 7.68. The minimum atomic E-state index is 0.665. The Morgan fingerprint density at radius 3 is 2.36 bits per heavy atom. The minimum Gasteiger partial charge on any atom is -0.120 e. The van der Waals surface area contributed by atoms with Crippen LogP contribution in [0.3, 0.4) is 0 Å². The smallest absolute Gasteiger partial charge is 0.0234 e. The SMILES string of the molecule is C#C[C@@H]1C[C@H]1C1CCCCC1. The van der Waals surface area contributed by atoms with Gasteiger partial charge in [-0.25, -0.2) is 0 Å². The monoisotopic (exact) mass is 148 g/mol. The van der Waals surface area contributed by atoms with Crippen molar-refractivity contribution >= 4 is 0 Å². The van der Waals surface area contributed by atoms with E-state index in [1.165, 1.54) is 38.5 Å². The van der Waals surface area contributed by atoms with Crippen LogP contribution in [0.5, 0.6) is 0 Å². The fraction of sp³-hybridized carbons (Fsp3) is 0.818. The van der Waals surface area contributed by atoms with Crippen LogP contribution in [0.2, 0.25) is 0 Å². The molecule has 0 aromatic carbocycles. The Labute approximate surface area is 69.4 Å². The van der Waals surface area contributed by atoms with Gasteiger partial charge >= 0.3 is 0 Å². The van der Waals surface area contributed by atoms with Crippen LogP contribution in [0.15, 0.2) is 0 Å². The molecule has 2 atom stereocenters. The van der Waals surface area contributed by atoms with Crippen LogP contribution in [0.25, 0.3) is 0 Å². The molecular weight excluding hydrogens is 132 g/mol. The molecule has 0 bridgehead atoms. The van der Waals surface area contributed by atoms with Gasteiger partial charge in [-0.15, -0.1) is 12.3 Å². The quantitative estimate of drug-likeness (QED) is 0.502. The number of terminal acetylenes is 1. The Kier molecular flexibility index (Phi) is 1.90. The van der Waals surface area contributed by atoms with E-state index in [1.54, 1.807) is 0 Å². The van der Waals surface area contributed by atoms with Crippen LogP contribution in [0.1, 0.15) is 38.5 Å². The molecule has 0 heterocycles. The van der Waals surface area contributed by atoms with Crippen LogP contribution < -0.4 is 0 Å². The molecular formula is C11H16. The van der Waals surface area contributed by atoms with Crippen LogP contribution in [0.4, 0.5) is 0 Å². The van der Waals surface area contributed by atoms with E-state index in [1.807, 2.05) is 0 Å². The first-order valence-electron chi connectivity index (χ1n) is 4.88. The molecule has 0 N–H and O–H groups in total. The summed E-state index contributed by atoms with van der Waals surface area (Å²) >= 11 is 0. The Bertz CT molecular complexity index is 169. The third-order valence-corrected chi connectivity index (χ3v) is 3.31. The molecule has 2 rings (SSSR count). The second-order valence-corrected chi connectivity index (χ2v) is 4.07. The first-order chi connectivity index (χ1) is 5.42. The van der Waals surface area contributed by atoms with Gasteiger partial charge in [-0.1, -0.05) is 32.1 Å². The molecule has 0 nitrogen and oxygen atoms in total. The number of rotatable bonds is 1. The van der Waals surface area contributed by atoms with E-state index in [2.05, 4.69) is 5.92 Å². The lowest BCUT2D eigenvalue weighted by atomic mass is 9.85. The fourth-order valence-corrected chi connectivity index (χ4v) is 2.49. The van der Waals surface area contributed by atoms with Gasteiger partial charge in [-0.3, -0.25) is 0 Å². The minimum absolute atomic E-state index is 0.665. The molecule has 0 radical (unpaired) electrons. The highest BCUT2D eigenvalue weighted by Crippen LogP contribution is 2.48. The molecule has 2 aliphatic rings. The summed E-state index contributed by atoms with van der Waals surface area (Å²) in [7, 11) is 0. The third kappa shape index (κ3) is 1.43. The van der Waals surface area contributed by atoms with Crippen molar-refractivity contribution in [1.82, 2.24) is 0 Å². The fourth-order valence-electron chi connectivity index (χ4n) is 2.49. The van der Waals surface area contributed by atoms with E-state index in [9.17, 15) is 0 Å². The van der Waals surface area contributed by atoms with Crippen molar-refractivity contribution in [2.75, 3.05) is 0 Å². The van der Waals surface area contributed by atoms with E-state index in [-0.39, 0.29) is 0 Å². The van der Waals surface area contributed by atoms with E-state index >= 15 is 0 Å². The van der Waals surface area contributed by atoms with Crippen molar-refractivity contribution in [1.29, 1.82) is 0 Å². The van der Waals surface area contributed by atoms with E-state index in [0.29, 0.717) is 5.92 Å². The molecule has 0 saturated heterocycles. The number of hydrogen-bond acceptors (Lipinski definition) is 0. The highest BCUT2D eigenvalue weighted by molar-refractivity contribution is 5.08. The third-order valence-electron chi connectivity index (χ3n) is 3.31. The van der Waals surface area contributed by atoms with Gasteiger partial charge in [0.25, 0.3) is 0 Å². The van der Waals surface area contributed by atoms with E-state index < -0.39 is 0 Å². The summed E-state index contributed by atoms with van der Waals surface area (Å²) in [6, 6.07) is 0. The standard InChI is InChI=1S/C11H16/c1-2-9-8-11(9)10-6-4-3-5-7-10/h1,9-11H,3-8H2/t9-,11-/m1/s1. The van der Waals surface area contributed by atoms with Gasteiger partial charge in [-0.2, -0.15) is 0 Å². The highest BCUT2D eigenvalue weighted by atomic mass is 14.4. The van der Waals surface area contributed by atoms with Crippen molar-refractivity contribution in [3.8, 4) is 12.3 Å². The average Bonchev–Trinajstić information content (AvgIpc) is 2.85. The van der Waals surface area contributed by atoms with Crippen molar-refractivity contribution in [3.63, 3.8) is 0 Å². The van der Waals surface area contributed by atoms with Crippen molar-refractivity contribution in [3.05, 3.63) is 0 Å². The molecule has 11 heavy (non-hydrogen) atoms. The van der Waals surface area contributed by atoms with E-state index in [0.717, 1.165) is 11.8 Å². The molecule has 0 heteroatoms. The van der Waals surface area contributed by atoms with Crippen LogP contribution in [-0.2, 0) is 0 Å². The van der Waals surface area contributed by atoms with Crippen LogP contribution in [0, 0.1) is 30.1 Å². The summed E-state index contributed by atoms with van der Waals surface area (Å²) in [5.74, 6) is 5.49. The molecule has 2 aliphatic carbocycles. The van der Waals surface area contributed by atoms with Crippen molar-refractivity contribution in [2.24, 2.45) is 17.8 Å². The molecule has 2 fully saturated rings. The van der Waals surface area contributed by atoms with Crippen molar-refractivity contribution < 1.29 is 0 Å². The predicted octanol–water partition coefficient (Wildman–Crippen LogP) is 2.84. The second kappa shape index (κ2) is 2.89. The zero-order valence-electron chi connectivity index (χ0n) is 7.05. The highest BCUT2D eigenvalue weighted by Gasteiger charge is 2.41. The Hall–Kier alpha value is -0.440. The topological polar surface area (TPSA) is 0 Å². The maximum Gasteiger partial charge on any atom is 0.0234 e. The Morgan fingerprint density at radius 1 is 1.09 bits per heavy atom. The van der Waals surface area contributed by atoms with Gasteiger partial charge in [0.1, 0.15) is 0 Å². The first kappa shape index (κ1) is 7.22. The van der Waals surface area contributed by atoms with Gasteiger partial charge in [0.15, 0.2) is 0 Å². The second-order valence-electron chi connectivity index (χ2n) is 4.07. The zero-order valence-corrected chi connectivity index (χ0v) is 7.05. The Morgan fingerprint density at radius 2 is 1.82 bits per heavy atom. The maximum absolute atomic E-state index is 5.38. The first-order valence-corrected chi connectivity index (χ1v) is 4.88.